The highest BCUT2D eigenvalue weighted by atomic mass is 16.5. The molecule has 4 N–H and O–H groups in total. The van der Waals surface area contributed by atoms with Crippen LogP contribution in [0.15, 0.2) is 18.2 Å². The van der Waals surface area contributed by atoms with E-state index in [1.54, 1.807) is 29.9 Å². The van der Waals surface area contributed by atoms with Gasteiger partial charge in [0.1, 0.15) is 12.3 Å². The Morgan fingerprint density at radius 3 is 2.94 bits per heavy atom. The van der Waals surface area contributed by atoms with E-state index in [-0.39, 0.29) is 12.5 Å². The van der Waals surface area contributed by atoms with Gasteiger partial charge in [-0.2, -0.15) is 0 Å². The van der Waals surface area contributed by atoms with Crippen LogP contribution in [0.3, 0.4) is 0 Å². The Hall–Kier alpha value is -2.24. The molecular weight excluding hydrogens is 208 g/mol. The number of nitrogen functional groups attached to an aromatic ring is 1. The lowest BCUT2D eigenvalue weighted by Crippen LogP contribution is -2.19. The van der Waals surface area contributed by atoms with Crippen LogP contribution in [0.4, 0.5) is 5.95 Å². The van der Waals surface area contributed by atoms with Gasteiger partial charge in [0.05, 0.1) is 18.1 Å². The number of rotatable bonds is 3. The molecule has 0 aliphatic heterocycles. The molecule has 0 saturated heterocycles. The SMILES string of the molecule is COc1ccc2c(c1)nc(N)n2CC(N)=O. The highest BCUT2D eigenvalue weighted by Gasteiger charge is 2.10. The van der Waals surface area contributed by atoms with Crippen molar-refractivity contribution >= 4 is 22.9 Å². The molecule has 1 heterocycles. The van der Waals surface area contributed by atoms with Gasteiger partial charge in [0.2, 0.25) is 11.9 Å². The van der Waals surface area contributed by atoms with Crippen molar-refractivity contribution in [2.75, 3.05) is 12.8 Å². The van der Waals surface area contributed by atoms with Crippen molar-refractivity contribution in [1.82, 2.24) is 9.55 Å². The Kier molecular flexibility index (Phi) is 2.40. The third-order valence-electron chi connectivity index (χ3n) is 2.30. The van der Waals surface area contributed by atoms with E-state index in [9.17, 15) is 4.79 Å². The summed E-state index contributed by atoms with van der Waals surface area (Å²) in [6.45, 7) is 0.0225. The molecule has 6 nitrogen and oxygen atoms in total. The lowest BCUT2D eigenvalue weighted by atomic mass is 10.3. The summed E-state index contributed by atoms with van der Waals surface area (Å²) in [6, 6.07) is 5.32. The smallest absolute Gasteiger partial charge is 0.237 e. The third kappa shape index (κ3) is 1.65. The zero-order valence-corrected chi connectivity index (χ0v) is 8.80. The van der Waals surface area contributed by atoms with Crippen molar-refractivity contribution in [1.29, 1.82) is 0 Å². The second-order valence-corrected chi connectivity index (χ2v) is 3.38. The number of hydrogen-bond donors (Lipinski definition) is 2. The van der Waals surface area contributed by atoms with Crippen LogP contribution in [-0.2, 0) is 11.3 Å². The second kappa shape index (κ2) is 3.73. The number of anilines is 1. The number of amides is 1. The van der Waals surface area contributed by atoms with E-state index in [0.717, 1.165) is 5.52 Å². The number of methoxy groups -OCH3 is 1. The first-order valence-electron chi connectivity index (χ1n) is 4.70. The van der Waals surface area contributed by atoms with Gasteiger partial charge in [-0.15, -0.1) is 0 Å². The molecule has 0 unspecified atom stereocenters. The van der Waals surface area contributed by atoms with Gasteiger partial charge in [0.15, 0.2) is 0 Å². The Morgan fingerprint density at radius 1 is 1.56 bits per heavy atom. The summed E-state index contributed by atoms with van der Waals surface area (Å²) in [4.78, 5) is 15.0. The van der Waals surface area contributed by atoms with Gasteiger partial charge < -0.3 is 20.8 Å². The Labute approximate surface area is 91.8 Å². The first kappa shape index (κ1) is 10.3. The van der Waals surface area contributed by atoms with Crippen LogP contribution < -0.4 is 16.2 Å². The van der Waals surface area contributed by atoms with Gasteiger partial charge in [0.25, 0.3) is 0 Å². The zero-order valence-electron chi connectivity index (χ0n) is 8.80. The number of fused-ring (bicyclic) bond motifs is 1. The van der Waals surface area contributed by atoms with Crippen LogP contribution in [0.25, 0.3) is 11.0 Å². The monoisotopic (exact) mass is 220 g/mol. The summed E-state index contributed by atoms with van der Waals surface area (Å²) in [7, 11) is 1.57. The summed E-state index contributed by atoms with van der Waals surface area (Å²) in [5, 5.41) is 0. The van der Waals surface area contributed by atoms with Crippen molar-refractivity contribution in [3.8, 4) is 5.75 Å². The van der Waals surface area contributed by atoms with E-state index in [1.165, 1.54) is 0 Å². The van der Waals surface area contributed by atoms with Crippen LogP contribution in [0, 0.1) is 0 Å². The first-order chi connectivity index (χ1) is 7.61. The summed E-state index contributed by atoms with van der Waals surface area (Å²) in [5.74, 6) is 0.500. The van der Waals surface area contributed by atoms with E-state index in [0.29, 0.717) is 11.3 Å². The van der Waals surface area contributed by atoms with Crippen LogP contribution in [-0.4, -0.2) is 22.6 Å². The molecule has 0 spiro atoms. The fourth-order valence-electron chi connectivity index (χ4n) is 1.58. The lowest BCUT2D eigenvalue weighted by molar-refractivity contribution is -0.118. The lowest BCUT2D eigenvalue weighted by Gasteiger charge is -2.03. The van der Waals surface area contributed by atoms with Crippen LogP contribution in [0.2, 0.25) is 0 Å². The maximum absolute atomic E-state index is 10.9. The van der Waals surface area contributed by atoms with Crippen molar-refractivity contribution in [3.63, 3.8) is 0 Å². The quantitative estimate of drug-likeness (QED) is 0.767. The molecule has 0 radical (unpaired) electrons. The number of carbonyl (C=O) groups is 1. The van der Waals surface area contributed by atoms with E-state index < -0.39 is 5.91 Å². The number of carbonyl (C=O) groups excluding carboxylic acids is 1. The van der Waals surface area contributed by atoms with Crippen LogP contribution in [0.1, 0.15) is 0 Å². The third-order valence-corrected chi connectivity index (χ3v) is 2.30. The van der Waals surface area contributed by atoms with Gasteiger partial charge >= 0.3 is 0 Å². The Bertz CT molecular complexity index is 547. The average molecular weight is 220 g/mol. The van der Waals surface area contributed by atoms with E-state index in [4.69, 9.17) is 16.2 Å². The molecule has 0 aliphatic carbocycles. The number of hydrogen-bond acceptors (Lipinski definition) is 4. The molecule has 1 aromatic carbocycles. The molecule has 0 saturated carbocycles. The minimum atomic E-state index is -0.457. The number of primary amides is 1. The maximum atomic E-state index is 10.9. The first-order valence-corrected chi connectivity index (χ1v) is 4.70. The predicted molar refractivity (Wildman–Crippen MR) is 59.9 cm³/mol. The number of benzene rings is 1. The van der Waals surface area contributed by atoms with Crippen LogP contribution >= 0.6 is 0 Å². The molecule has 2 aromatic rings. The van der Waals surface area contributed by atoms with Crippen molar-refractivity contribution in [2.45, 2.75) is 6.54 Å². The minimum Gasteiger partial charge on any atom is -0.497 e. The standard InChI is InChI=1S/C10H12N4O2/c1-16-6-2-3-8-7(4-6)13-10(12)14(8)5-9(11)15/h2-4H,5H2,1H3,(H2,11,15)(H2,12,13). The minimum absolute atomic E-state index is 0.0225. The highest BCUT2D eigenvalue weighted by Crippen LogP contribution is 2.22. The molecule has 0 fully saturated rings. The number of nitrogens with zero attached hydrogens (tertiary/aromatic N) is 2. The van der Waals surface area contributed by atoms with Gasteiger partial charge in [0, 0.05) is 6.07 Å². The summed E-state index contributed by atoms with van der Waals surface area (Å²) < 4.78 is 6.64. The Balaban J connectivity index is 2.57. The van der Waals surface area contributed by atoms with E-state index in [2.05, 4.69) is 4.98 Å². The molecule has 0 atom stereocenters. The van der Waals surface area contributed by atoms with Gasteiger partial charge in [-0.3, -0.25) is 4.79 Å². The van der Waals surface area contributed by atoms with Crippen molar-refractivity contribution in [3.05, 3.63) is 18.2 Å². The highest BCUT2D eigenvalue weighted by molar-refractivity contribution is 5.83. The number of ether oxygens (including phenoxy) is 1. The Morgan fingerprint density at radius 2 is 2.31 bits per heavy atom. The fourth-order valence-corrected chi connectivity index (χ4v) is 1.58. The number of aromatic nitrogens is 2. The van der Waals surface area contributed by atoms with Crippen molar-refractivity contribution < 1.29 is 9.53 Å². The normalized spacial score (nSPS) is 10.6. The summed E-state index contributed by atoms with van der Waals surface area (Å²) >= 11 is 0. The molecule has 0 aliphatic rings. The predicted octanol–water partition coefficient (Wildman–Crippen LogP) is 0.112. The maximum Gasteiger partial charge on any atom is 0.237 e. The largest absolute Gasteiger partial charge is 0.497 e. The second-order valence-electron chi connectivity index (χ2n) is 3.38. The van der Waals surface area contributed by atoms with E-state index >= 15 is 0 Å². The summed E-state index contributed by atoms with van der Waals surface area (Å²) in [5.41, 5.74) is 12.3. The van der Waals surface area contributed by atoms with Gasteiger partial charge in [-0.05, 0) is 12.1 Å². The number of nitrogens with two attached hydrogens (primary N) is 2. The molecular formula is C10H12N4O2. The van der Waals surface area contributed by atoms with E-state index in [1.807, 2.05) is 0 Å². The summed E-state index contributed by atoms with van der Waals surface area (Å²) in [6.07, 6.45) is 0. The molecule has 84 valence electrons. The van der Waals surface area contributed by atoms with Gasteiger partial charge in [-0.1, -0.05) is 0 Å². The number of imidazole rings is 1. The molecule has 2 rings (SSSR count). The van der Waals surface area contributed by atoms with Crippen LogP contribution in [0.5, 0.6) is 5.75 Å². The molecule has 0 bridgehead atoms. The molecule has 1 amide bonds. The zero-order chi connectivity index (χ0) is 11.7. The molecule has 6 heteroatoms. The topological polar surface area (TPSA) is 96.2 Å². The fraction of sp³-hybridized carbons (Fsp3) is 0.200. The average Bonchev–Trinajstić information content (AvgIpc) is 2.54. The van der Waals surface area contributed by atoms with Gasteiger partial charge in [-0.25, -0.2) is 4.98 Å². The van der Waals surface area contributed by atoms with Crippen molar-refractivity contribution in [2.24, 2.45) is 5.73 Å². The molecule has 16 heavy (non-hydrogen) atoms. The molecule has 1 aromatic heterocycles.